The summed E-state index contributed by atoms with van der Waals surface area (Å²) in [5.74, 6) is 0.255. The Balaban J connectivity index is 1.80. The quantitative estimate of drug-likeness (QED) is 0.850. The lowest BCUT2D eigenvalue weighted by Gasteiger charge is -2.35. The number of rotatable bonds is 3. The maximum atomic E-state index is 12.4. The van der Waals surface area contributed by atoms with Crippen molar-refractivity contribution < 1.29 is 9.32 Å². The van der Waals surface area contributed by atoms with Crippen molar-refractivity contribution in [1.29, 1.82) is 0 Å². The molecule has 2 aromatic rings. The standard InChI is InChI=1S/C16H20N4O2/c1-10-9-15(22-19-10)18-16(21)11(2)20-8-4-5-12-13(17)6-3-7-14(12)20/h3,6-7,9,11H,4-5,8,17H2,1-2H3,(H,18,21). The van der Waals surface area contributed by atoms with Gasteiger partial charge in [-0.3, -0.25) is 10.1 Å². The van der Waals surface area contributed by atoms with Gasteiger partial charge in [0.15, 0.2) is 0 Å². The van der Waals surface area contributed by atoms with E-state index in [1.165, 1.54) is 0 Å². The van der Waals surface area contributed by atoms with Crippen LogP contribution in [0.5, 0.6) is 0 Å². The van der Waals surface area contributed by atoms with Gasteiger partial charge in [-0.15, -0.1) is 0 Å². The topological polar surface area (TPSA) is 84.4 Å². The van der Waals surface area contributed by atoms with Crippen LogP contribution in [0.15, 0.2) is 28.8 Å². The van der Waals surface area contributed by atoms with Crippen LogP contribution in [0.2, 0.25) is 0 Å². The summed E-state index contributed by atoms with van der Waals surface area (Å²) in [7, 11) is 0. The highest BCUT2D eigenvalue weighted by atomic mass is 16.5. The van der Waals surface area contributed by atoms with Gasteiger partial charge < -0.3 is 15.2 Å². The Bertz CT molecular complexity index is 695. The van der Waals surface area contributed by atoms with Crippen molar-refractivity contribution in [3.05, 3.63) is 35.5 Å². The maximum absolute atomic E-state index is 12.4. The highest BCUT2D eigenvalue weighted by Crippen LogP contribution is 2.32. The highest BCUT2D eigenvalue weighted by molar-refractivity contribution is 5.96. The van der Waals surface area contributed by atoms with E-state index in [4.69, 9.17) is 10.3 Å². The van der Waals surface area contributed by atoms with Gasteiger partial charge in [0.1, 0.15) is 6.04 Å². The predicted octanol–water partition coefficient (Wildman–Crippen LogP) is 2.35. The summed E-state index contributed by atoms with van der Waals surface area (Å²) in [6.45, 7) is 4.53. The van der Waals surface area contributed by atoms with Crippen molar-refractivity contribution >= 4 is 23.2 Å². The van der Waals surface area contributed by atoms with Gasteiger partial charge >= 0.3 is 0 Å². The molecule has 116 valence electrons. The molecule has 6 nitrogen and oxygen atoms in total. The Kier molecular flexibility index (Phi) is 3.75. The van der Waals surface area contributed by atoms with Crippen LogP contribution >= 0.6 is 0 Å². The Morgan fingerprint density at radius 2 is 2.32 bits per heavy atom. The van der Waals surface area contributed by atoms with Gasteiger partial charge in [-0.2, -0.15) is 0 Å². The van der Waals surface area contributed by atoms with E-state index < -0.39 is 0 Å². The van der Waals surface area contributed by atoms with E-state index in [0.717, 1.165) is 42.0 Å². The van der Waals surface area contributed by atoms with Crippen LogP contribution in [-0.4, -0.2) is 23.7 Å². The molecule has 2 heterocycles. The number of nitrogens with zero attached hydrogens (tertiary/aromatic N) is 2. The van der Waals surface area contributed by atoms with Gasteiger partial charge in [0.05, 0.1) is 5.69 Å². The van der Waals surface area contributed by atoms with E-state index >= 15 is 0 Å². The fourth-order valence-electron chi connectivity index (χ4n) is 2.87. The van der Waals surface area contributed by atoms with Gasteiger partial charge in [-0.05, 0) is 44.4 Å². The second-order valence-corrected chi connectivity index (χ2v) is 5.64. The Morgan fingerprint density at radius 1 is 1.50 bits per heavy atom. The highest BCUT2D eigenvalue weighted by Gasteiger charge is 2.27. The first kappa shape index (κ1) is 14.4. The zero-order chi connectivity index (χ0) is 15.7. The zero-order valence-electron chi connectivity index (χ0n) is 12.8. The second kappa shape index (κ2) is 5.71. The molecule has 3 N–H and O–H groups in total. The molecule has 22 heavy (non-hydrogen) atoms. The summed E-state index contributed by atoms with van der Waals surface area (Å²) >= 11 is 0. The van der Waals surface area contributed by atoms with Crippen molar-refractivity contribution in [2.45, 2.75) is 32.7 Å². The lowest BCUT2D eigenvalue weighted by molar-refractivity contribution is -0.117. The van der Waals surface area contributed by atoms with Crippen molar-refractivity contribution in [2.75, 3.05) is 22.5 Å². The fraction of sp³-hybridized carbons (Fsp3) is 0.375. The van der Waals surface area contributed by atoms with Crippen molar-refractivity contribution in [2.24, 2.45) is 0 Å². The predicted molar refractivity (Wildman–Crippen MR) is 85.9 cm³/mol. The minimum atomic E-state index is -0.314. The second-order valence-electron chi connectivity index (χ2n) is 5.64. The van der Waals surface area contributed by atoms with Gasteiger partial charge in [-0.1, -0.05) is 11.2 Å². The van der Waals surface area contributed by atoms with Crippen LogP contribution in [0.25, 0.3) is 0 Å². The largest absolute Gasteiger partial charge is 0.398 e. The summed E-state index contributed by atoms with van der Waals surface area (Å²) in [6.07, 6.45) is 1.94. The normalized spacial score (nSPS) is 15.3. The SMILES string of the molecule is Cc1cc(NC(=O)C(C)N2CCCc3c(N)cccc32)on1. The van der Waals surface area contributed by atoms with Crippen LogP contribution in [0, 0.1) is 6.92 Å². The third kappa shape index (κ3) is 2.64. The average molecular weight is 300 g/mol. The minimum absolute atomic E-state index is 0.119. The minimum Gasteiger partial charge on any atom is -0.398 e. The first-order chi connectivity index (χ1) is 10.6. The fourth-order valence-corrected chi connectivity index (χ4v) is 2.87. The molecule has 1 amide bonds. The van der Waals surface area contributed by atoms with E-state index in [-0.39, 0.29) is 11.9 Å². The molecule has 1 aliphatic heterocycles. The van der Waals surface area contributed by atoms with Crippen molar-refractivity contribution in [3.63, 3.8) is 0 Å². The number of hydrogen-bond acceptors (Lipinski definition) is 5. The van der Waals surface area contributed by atoms with E-state index in [1.54, 1.807) is 6.07 Å². The number of aromatic nitrogens is 1. The summed E-state index contributed by atoms with van der Waals surface area (Å²) < 4.78 is 5.04. The first-order valence-corrected chi connectivity index (χ1v) is 7.44. The molecule has 0 spiro atoms. The molecule has 1 unspecified atom stereocenters. The van der Waals surface area contributed by atoms with Gasteiger partial charge in [0.25, 0.3) is 0 Å². The molecule has 6 heteroatoms. The van der Waals surface area contributed by atoms with Gasteiger partial charge in [0, 0.05) is 24.0 Å². The Hall–Kier alpha value is -2.50. The lowest BCUT2D eigenvalue weighted by atomic mass is 9.98. The van der Waals surface area contributed by atoms with Crippen molar-refractivity contribution in [1.82, 2.24) is 5.16 Å². The number of fused-ring (bicyclic) bond motifs is 1. The van der Waals surface area contributed by atoms with Crippen LogP contribution in [0.4, 0.5) is 17.3 Å². The summed E-state index contributed by atoms with van der Waals surface area (Å²) in [6, 6.07) is 7.24. The third-order valence-electron chi connectivity index (χ3n) is 4.04. The van der Waals surface area contributed by atoms with Crippen LogP contribution in [0.1, 0.15) is 24.6 Å². The number of carbonyl (C=O) groups excluding carboxylic acids is 1. The third-order valence-corrected chi connectivity index (χ3v) is 4.04. The molecular weight excluding hydrogens is 280 g/mol. The van der Waals surface area contributed by atoms with Crippen LogP contribution in [0.3, 0.4) is 0 Å². The number of nitrogen functional groups attached to an aromatic ring is 1. The molecule has 0 radical (unpaired) electrons. The number of nitrogens with two attached hydrogens (primary N) is 1. The van der Waals surface area contributed by atoms with E-state index in [9.17, 15) is 4.79 Å². The molecule has 1 atom stereocenters. The zero-order valence-corrected chi connectivity index (χ0v) is 12.8. The Morgan fingerprint density at radius 3 is 3.05 bits per heavy atom. The van der Waals surface area contributed by atoms with Crippen molar-refractivity contribution in [3.8, 4) is 0 Å². The molecule has 1 aliphatic rings. The number of anilines is 3. The molecule has 0 bridgehead atoms. The Labute approximate surface area is 129 Å². The molecular formula is C16H20N4O2. The number of hydrogen-bond donors (Lipinski definition) is 2. The molecule has 1 aromatic carbocycles. The summed E-state index contributed by atoms with van der Waals surface area (Å²) in [5, 5.41) is 6.53. The number of aryl methyl sites for hydroxylation is 1. The molecule has 0 aliphatic carbocycles. The first-order valence-electron chi connectivity index (χ1n) is 7.44. The van der Waals surface area contributed by atoms with E-state index in [1.807, 2.05) is 32.0 Å². The summed E-state index contributed by atoms with van der Waals surface area (Å²) in [4.78, 5) is 14.5. The van der Waals surface area contributed by atoms with E-state index in [0.29, 0.717) is 5.88 Å². The molecule has 0 saturated carbocycles. The number of carbonyl (C=O) groups is 1. The monoisotopic (exact) mass is 300 g/mol. The van der Waals surface area contributed by atoms with Crippen LogP contribution < -0.4 is 16.0 Å². The molecule has 1 aromatic heterocycles. The number of amides is 1. The molecule has 0 saturated heterocycles. The smallest absolute Gasteiger partial charge is 0.249 e. The average Bonchev–Trinajstić information content (AvgIpc) is 2.91. The van der Waals surface area contributed by atoms with Gasteiger partial charge in [-0.25, -0.2) is 0 Å². The van der Waals surface area contributed by atoms with E-state index in [2.05, 4.69) is 15.4 Å². The number of nitrogens with one attached hydrogen (secondary N) is 1. The summed E-state index contributed by atoms with van der Waals surface area (Å²) in [5.41, 5.74) is 9.76. The number of benzene rings is 1. The molecule has 3 rings (SSSR count). The lowest BCUT2D eigenvalue weighted by Crippen LogP contribution is -2.44. The molecule has 0 fully saturated rings. The maximum Gasteiger partial charge on any atom is 0.249 e. The van der Waals surface area contributed by atoms with Gasteiger partial charge in [0.2, 0.25) is 11.8 Å². The van der Waals surface area contributed by atoms with Crippen LogP contribution in [-0.2, 0) is 11.2 Å².